The summed E-state index contributed by atoms with van der Waals surface area (Å²) < 4.78 is 5.39. The summed E-state index contributed by atoms with van der Waals surface area (Å²) in [5, 5.41) is 0. The Bertz CT molecular complexity index is 770. The van der Waals surface area contributed by atoms with Crippen molar-refractivity contribution in [1.82, 2.24) is 4.90 Å². The Balaban J connectivity index is 1.60. The fourth-order valence-electron chi connectivity index (χ4n) is 3.22. The maximum Gasteiger partial charge on any atom is 0.338 e. The van der Waals surface area contributed by atoms with Crippen LogP contribution in [0.4, 0.5) is 0 Å². The second-order valence-electron chi connectivity index (χ2n) is 6.56. The monoisotopic (exact) mass is 337 g/mol. The van der Waals surface area contributed by atoms with Gasteiger partial charge in [-0.2, -0.15) is 0 Å². The van der Waals surface area contributed by atoms with Crippen LogP contribution in [-0.2, 0) is 28.9 Å². The highest BCUT2D eigenvalue weighted by Crippen LogP contribution is 2.23. The van der Waals surface area contributed by atoms with Crippen LogP contribution in [0.3, 0.4) is 0 Å². The molecule has 0 N–H and O–H groups in total. The van der Waals surface area contributed by atoms with Gasteiger partial charge in [0.2, 0.25) is 0 Å². The fraction of sp³-hybridized carbons (Fsp3) is 0.333. The highest BCUT2D eigenvalue weighted by Gasteiger charge is 2.23. The number of nitrogens with zero attached hydrogens (tertiary/aromatic N) is 1. The smallest absolute Gasteiger partial charge is 0.338 e. The molecule has 1 amide bonds. The molecule has 2 aromatic carbocycles. The maximum absolute atomic E-state index is 12.5. The normalized spacial score (nSPS) is 13.8. The predicted molar refractivity (Wildman–Crippen MR) is 96.3 cm³/mol. The van der Waals surface area contributed by atoms with Gasteiger partial charge in [0.15, 0.2) is 6.10 Å². The number of ether oxygens (including phenoxy) is 1. The van der Waals surface area contributed by atoms with Crippen LogP contribution in [0.15, 0.2) is 48.5 Å². The van der Waals surface area contributed by atoms with Crippen LogP contribution in [0.25, 0.3) is 0 Å². The molecule has 4 nitrogen and oxygen atoms in total. The molecule has 2 aromatic rings. The van der Waals surface area contributed by atoms with E-state index in [0.29, 0.717) is 12.1 Å². The minimum absolute atomic E-state index is 0.210. The lowest BCUT2D eigenvalue weighted by molar-refractivity contribution is -0.139. The van der Waals surface area contributed by atoms with E-state index in [0.717, 1.165) is 24.8 Å². The second kappa shape index (κ2) is 7.51. The zero-order valence-corrected chi connectivity index (χ0v) is 14.7. The van der Waals surface area contributed by atoms with E-state index in [1.54, 1.807) is 24.9 Å². The highest BCUT2D eigenvalue weighted by atomic mass is 16.5. The van der Waals surface area contributed by atoms with Crippen molar-refractivity contribution in [2.75, 3.05) is 7.05 Å². The zero-order valence-electron chi connectivity index (χ0n) is 14.7. The number of aryl methyl sites for hydroxylation is 2. The molecule has 25 heavy (non-hydrogen) atoms. The Morgan fingerprint density at radius 2 is 1.80 bits per heavy atom. The molecule has 0 fully saturated rings. The molecule has 130 valence electrons. The summed E-state index contributed by atoms with van der Waals surface area (Å²) in [6.45, 7) is 2.11. The van der Waals surface area contributed by atoms with Crippen LogP contribution >= 0.6 is 0 Å². The van der Waals surface area contributed by atoms with E-state index in [4.69, 9.17) is 4.74 Å². The number of likely N-dealkylation sites (N-methyl/N-ethyl adjacent to an activating group) is 1. The van der Waals surface area contributed by atoms with Crippen LogP contribution in [0.2, 0.25) is 0 Å². The Labute approximate surface area is 148 Å². The van der Waals surface area contributed by atoms with Crippen molar-refractivity contribution >= 4 is 11.9 Å². The first-order valence-corrected chi connectivity index (χ1v) is 8.66. The molecule has 1 atom stereocenters. The van der Waals surface area contributed by atoms with Crippen molar-refractivity contribution in [3.63, 3.8) is 0 Å². The van der Waals surface area contributed by atoms with Gasteiger partial charge < -0.3 is 9.64 Å². The minimum Gasteiger partial charge on any atom is -0.449 e. The van der Waals surface area contributed by atoms with Crippen molar-refractivity contribution in [3.05, 3.63) is 70.8 Å². The van der Waals surface area contributed by atoms with Gasteiger partial charge in [0.25, 0.3) is 5.91 Å². The van der Waals surface area contributed by atoms with Gasteiger partial charge >= 0.3 is 5.97 Å². The van der Waals surface area contributed by atoms with Crippen molar-refractivity contribution in [3.8, 4) is 0 Å². The van der Waals surface area contributed by atoms with E-state index in [1.807, 2.05) is 42.5 Å². The number of amides is 1. The molecule has 1 aliphatic rings. The molecule has 0 bridgehead atoms. The van der Waals surface area contributed by atoms with Crippen LogP contribution in [-0.4, -0.2) is 29.9 Å². The first-order valence-electron chi connectivity index (χ1n) is 8.66. The number of benzene rings is 2. The SMILES string of the molecule is CC(OC(=O)c1ccc2c(c1)CCC2)C(=O)N(C)Cc1ccccc1. The molecule has 0 aliphatic heterocycles. The first kappa shape index (κ1) is 17.2. The zero-order chi connectivity index (χ0) is 17.8. The summed E-state index contributed by atoms with van der Waals surface area (Å²) in [5.41, 5.74) is 4.08. The number of hydrogen-bond donors (Lipinski definition) is 0. The Morgan fingerprint density at radius 3 is 2.56 bits per heavy atom. The molecule has 1 unspecified atom stereocenters. The lowest BCUT2D eigenvalue weighted by Crippen LogP contribution is -2.37. The fourth-order valence-corrected chi connectivity index (χ4v) is 3.22. The summed E-state index contributed by atoms with van der Waals surface area (Å²) in [6, 6.07) is 15.4. The summed E-state index contributed by atoms with van der Waals surface area (Å²) in [5.74, 6) is -0.651. The highest BCUT2D eigenvalue weighted by molar-refractivity contribution is 5.92. The van der Waals surface area contributed by atoms with Crippen LogP contribution in [0.5, 0.6) is 0 Å². The van der Waals surface area contributed by atoms with E-state index >= 15 is 0 Å². The van der Waals surface area contributed by atoms with Crippen molar-refractivity contribution < 1.29 is 14.3 Å². The van der Waals surface area contributed by atoms with Gasteiger partial charge in [-0.1, -0.05) is 36.4 Å². The average molecular weight is 337 g/mol. The molecular weight excluding hydrogens is 314 g/mol. The predicted octanol–water partition coefficient (Wildman–Crippen LogP) is 3.38. The van der Waals surface area contributed by atoms with Crippen molar-refractivity contribution in [1.29, 1.82) is 0 Å². The summed E-state index contributed by atoms with van der Waals surface area (Å²) in [4.78, 5) is 26.4. The Hall–Kier alpha value is -2.62. The summed E-state index contributed by atoms with van der Waals surface area (Å²) in [6.07, 6.45) is 2.40. The van der Waals surface area contributed by atoms with Gasteiger partial charge in [-0.3, -0.25) is 4.79 Å². The molecule has 0 saturated carbocycles. The minimum atomic E-state index is -0.811. The molecule has 1 aliphatic carbocycles. The van der Waals surface area contributed by atoms with E-state index in [9.17, 15) is 9.59 Å². The molecular formula is C21H23NO3. The lowest BCUT2D eigenvalue weighted by atomic mass is 10.1. The van der Waals surface area contributed by atoms with Gasteiger partial charge in [0, 0.05) is 13.6 Å². The summed E-state index contributed by atoms with van der Waals surface area (Å²) in [7, 11) is 1.72. The van der Waals surface area contributed by atoms with Crippen molar-refractivity contribution in [2.24, 2.45) is 0 Å². The molecule has 4 heteroatoms. The molecule has 0 saturated heterocycles. The van der Waals surface area contributed by atoms with Crippen LogP contribution in [0, 0.1) is 0 Å². The molecule has 3 rings (SSSR count). The molecule has 0 spiro atoms. The van der Waals surface area contributed by atoms with E-state index in [2.05, 4.69) is 0 Å². The topological polar surface area (TPSA) is 46.6 Å². The van der Waals surface area contributed by atoms with E-state index in [-0.39, 0.29) is 5.91 Å². The van der Waals surface area contributed by atoms with Gasteiger partial charge in [-0.15, -0.1) is 0 Å². The standard InChI is InChI=1S/C21H23NO3/c1-15(20(23)22(2)14-16-7-4-3-5-8-16)25-21(24)19-12-11-17-9-6-10-18(17)13-19/h3-5,7-8,11-13,15H,6,9-10,14H2,1-2H3. The Morgan fingerprint density at radius 1 is 1.08 bits per heavy atom. The molecule has 0 radical (unpaired) electrons. The average Bonchev–Trinajstić information content (AvgIpc) is 3.09. The Kier molecular flexibility index (Phi) is 5.17. The third-order valence-corrected chi connectivity index (χ3v) is 4.60. The lowest BCUT2D eigenvalue weighted by Gasteiger charge is -2.21. The number of rotatable bonds is 5. The summed E-state index contributed by atoms with van der Waals surface area (Å²) >= 11 is 0. The third kappa shape index (κ3) is 4.08. The van der Waals surface area contributed by atoms with Gasteiger partial charge in [0.05, 0.1) is 5.56 Å². The number of hydrogen-bond acceptors (Lipinski definition) is 3. The molecule has 0 heterocycles. The number of esters is 1. The van der Waals surface area contributed by atoms with E-state index in [1.165, 1.54) is 11.1 Å². The largest absolute Gasteiger partial charge is 0.449 e. The number of carbonyl (C=O) groups excluding carboxylic acids is 2. The van der Waals surface area contributed by atoms with Crippen molar-refractivity contribution in [2.45, 2.75) is 38.8 Å². The number of fused-ring (bicyclic) bond motifs is 1. The van der Waals surface area contributed by atoms with Gasteiger partial charge in [-0.05, 0) is 55.0 Å². The van der Waals surface area contributed by atoms with Gasteiger partial charge in [0.1, 0.15) is 0 Å². The van der Waals surface area contributed by atoms with Gasteiger partial charge in [-0.25, -0.2) is 4.79 Å². The maximum atomic E-state index is 12.5. The molecule has 0 aromatic heterocycles. The van der Waals surface area contributed by atoms with Crippen LogP contribution in [0.1, 0.15) is 40.4 Å². The quantitative estimate of drug-likeness (QED) is 0.786. The third-order valence-electron chi connectivity index (χ3n) is 4.60. The van der Waals surface area contributed by atoms with E-state index < -0.39 is 12.1 Å². The second-order valence-corrected chi connectivity index (χ2v) is 6.56. The van der Waals surface area contributed by atoms with Crippen LogP contribution < -0.4 is 0 Å². The first-order chi connectivity index (χ1) is 12.0. The number of carbonyl (C=O) groups is 2.